The van der Waals surface area contributed by atoms with Crippen molar-refractivity contribution in [3.63, 3.8) is 0 Å². The van der Waals surface area contributed by atoms with E-state index in [0.717, 1.165) is 6.42 Å². The number of rotatable bonds is 9. The summed E-state index contributed by atoms with van der Waals surface area (Å²) in [7, 11) is -3.44. The van der Waals surface area contributed by atoms with E-state index in [-0.39, 0.29) is 0 Å². The average molecular weight is 314 g/mol. The summed E-state index contributed by atoms with van der Waals surface area (Å²) in [5.74, 6) is 0.969. The lowest BCUT2D eigenvalue weighted by Crippen LogP contribution is -2.34. The first-order chi connectivity index (χ1) is 9.95. The Hall–Kier alpha value is -1.11. The largest absolute Gasteiger partial charge is 0.492 e. The first-order valence-corrected chi connectivity index (χ1v) is 8.82. The van der Waals surface area contributed by atoms with Crippen LogP contribution in [0.25, 0.3) is 0 Å². The number of benzene rings is 1. The van der Waals surface area contributed by atoms with Crippen LogP contribution >= 0.6 is 0 Å². The van der Waals surface area contributed by atoms with Gasteiger partial charge in [-0.15, -0.1) is 0 Å². The molecule has 0 aromatic heterocycles. The quantitative estimate of drug-likeness (QED) is 0.757. The molecule has 0 amide bonds. The summed E-state index contributed by atoms with van der Waals surface area (Å²) in [6.45, 7) is 7.84. The van der Waals surface area contributed by atoms with Crippen LogP contribution in [0.5, 0.6) is 5.75 Å². The Labute approximate surface area is 128 Å². The molecule has 0 radical (unpaired) electrons. The van der Waals surface area contributed by atoms with Crippen LogP contribution in [0.4, 0.5) is 0 Å². The zero-order valence-corrected chi connectivity index (χ0v) is 13.9. The Bertz CT molecular complexity index is 514. The Morgan fingerprint density at radius 1 is 1.24 bits per heavy atom. The van der Waals surface area contributed by atoms with Crippen molar-refractivity contribution >= 4 is 10.0 Å². The van der Waals surface area contributed by atoms with Crippen LogP contribution in [-0.4, -0.2) is 39.0 Å². The molecule has 6 heteroatoms. The number of nitrogens with zero attached hydrogens (tertiary/aromatic N) is 1. The maximum atomic E-state index is 12.6. The van der Waals surface area contributed by atoms with Crippen molar-refractivity contribution in [2.24, 2.45) is 11.7 Å². The van der Waals surface area contributed by atoms with E-state index >= 15 is 0 Å². The molecule has 0 fully saturated rings. The third kappa shape index (κ3) is 4.98. The molecule has 0 bridgehead atoms. The Kier molecular flexibility index (Phi) is 7.14. The fourth-order valence-corrected chi connectivity index (χ4v) is 3.48. The molecule has 2 N–H and O–H groups in total. The molecule has 0 saturated heterocycles. The van der Waals surface area contributed by atoms with Crippen molar-refractivity contribution in [2.75, 3.05) is 26.2 Å². The predicted octanol–water partition coefficient (Wildman–Crippen LogP) is 2.08. The maximum Gasteiger partial charge on any atom is 0.243 e. The SMILES string of the molecule is CCC(C)CN(CC)S(=O)(=O)c1ccc(OCCN)cc1. The lowest BCUT2D eigenvalue weighted by Gasteiger charge is -2.23. The van der Waals surface area contributed by atoms with E-state index in [9.17, 15) is 8.42 Å². The van der Waals surface area contributed by atoms with Crippen molar-refractivity contribution < 1.29 is 13.2 Å². The summed E-state index contributed by atoms with van der Waals surface area (Å²) < 4.78 is 32.1. The number of ether oxygens (including phenoxy) is 1. The van der Waals surface area contributed by atoms with Gasteiger partial charge in [0, 0.05) is 19.6 Å². The van der Waals surface area contributed by atoms with Crippen LogP contribution in [0.3, 0.4) is 0 Å². The summed E-state index contributed by atoms with van der Waals surface area (Å²) in [5.41, 5.74) is 5.37. The van der Waals surface area contributed by atoms with Gasteiger partial charge in [0.2, 0.25) is 10.0 Å². The van der Waals surface area contributed by atoms with Crippen LogP contribution < -0.4 is 10.5 Å². The first kappa shape index (κ1) is 17.9. The van der Waals surface area contributed by atoms with Gasteiger partial charge in [0.25, 0.3) is 0 Å². The van der Waals surface area contributed by atoms with Crippen LogP contribution in [0.1, 0.15) is 27.2 Å². The third-order valence-electron chi connectivity index (χ3n) is 3.41. The fraction of sp³-hybridized carbons (Fsp3) is 0.600. The molecule has 21 heavy (non-hydrogen) atoms. The molecule has 0 spiro atoms. The molecule has 0 aliphatic heterocycles. The van der Waals surface area contributed by atoms with E-state index in [2.05, 4.69) is 13.8 Å². The highest BCUT2D eigenvalue weighted by Crippen LogP contribution is 2.20. The summed E-state index contributed by atoms with van der Waals surface area (Å²) >= 11 is 0. The van der Waals surface area contributed by atoms with Gasteiger partial charge in [-0.2, -0.15) is 4.31 Å². The zero-order valence-electron chi connectivity index (χ0n) is 13.1. The lowest BCUT2D eigenvalue weighted by molar-refractivity contribution is 0.328. The summed E-state index contributed by atoms with van der Waals surface area (Å²) in [4.78, 5) is 0.299. The normalized spacial score (nSPS) is 13.4. The Morgan fingerprint density at radius 2 is 1.86 bits per heavy atom. The number of sulfonamides is 1. The minimum atomic E-state index is -3.44. The Morgan fingerprint density at radius 3 is 2.33 bits per heavy atom. The van der Waals surface area contributed by atoms with Gasteiger partial charge < -0.3 is 10.5 Å². The number of hydrogen-bond donors (Lipinski definition) is 1. The van der Waals surface area contributed by atoms with Crippen LogP contribution in [0.15, 0.2) is 29.2 Å². The molecule has 1 unspecified atom stereocenters. The van der Waals surface area contributed by atoms with Crippen molar-refractivity contribution in [1.29, 1.82) is 0 Å². The highest BCUT2D eigenvalue weighted by atomic mass is 32.2. The van der Waals surface area contributed by atoms with Crippen molar-refractivity contribution in [2.45, 2.75) is 32.1 Å². The van der Waals surface area contributed by atoms with E-state index in [1.165, 1.54) is 4.31 Å². The molecule has 0 aliphatic carbocycles. The predicted molar refractivity (Wildman–Crippen MR) is 84.9 cm³/mol. The van der Waals surface area contributed by atoms with Crippen molar-refractivity contribution in [3.8, 4) is 5.75 Å². The monoisotopic (exact) mass is 314 g/mol. The van der Waals surface area contributed by atoms with Gasteiger partial charge in [-0.3, -0.25) is 0 Å². The summed E-state index contributed by atoms with van der Waals surface area (Å²) in [5, 5.41) is 0. The first-order valence-electron chi connectivity index (χ1n) is 7.38. The topological polar surface area (TPSA) is 72.6 Å². The van der Waals surface area contributed by atoms with E-state index in [1.807, 2.05) is 6.92 Å². The number of nitrogens with two attached hydrogens (primary N) is 1. The molecule has 1 atom stereocenters. The third-order valence-corrected chi connectivity index (χ3v) is 5.37. The molecular weight excluding hydrogens is 288 g/mol. The molecule has 1 rings (SSSR count). The van der Waals surface area contributed by atoms with Crippen molar-refractivity contribution in [1.82, 2.24) is 4.31 Å². The van der Waals surface area contributed by atoms with E-state index in [1.54, 1.807) is 24.3 Å². The second kappa shape index (κ2) is 8.36. The summed E-state index contributed by atoms with van der Waals surface area (Å²) in [6.07, 6.45) is 0.956. The second-order valence-electron chi connectivity index (χ2n) is 5.08. The van der Waals surface area contributed by atoms with Crippen LogP contribution in [0, 0.1) is 5.92 Å². The average Bonchev–Trinajstić information content (AvgIpc) is 2.50. The molecule has 0 aliphatic rings. The van der Waals surface area contributed by atoms with Gasteiger partial charge in [-0.25, -0.2) is 8.42 Å². The summed E-state index contributed by atoms with van der Waals surface area (Å²) in [6, 6.07) is 6.50. The standard InChI is InChI=1S/C15H26N2O3S/c1-4-13(3)12-17(5-2)21(18,19)15-8-6-14(7-9-15)20-11-10-16/h6-9,13H,4-5,10-12,16H2,1-3H3. The molecule has 5 nitrogen and oxygen atoms in total. The highest BCUT2D eigenvalue weighted by molar-refractivity contribution is 7.89. The van der Waals surface area contributed by atoms with Crippen molar-refractivity contribution in [3.05, 3.63) is 24.3 Å². The molecule has 0 heterocycles. The molecule has 0 saturated carbocycles. The smallest absolute Gasteiger partial charge is 0.243 e. The van der Waals surface area contributed by atoms with E-state index in [4.69, 9.17) is 10.5 Å². The molecule has 1 aromatic carbocycles. The van der Waals surface area contributed by atoms with Gasteiger partial charge >= 0.3 is 0 Å². The van der Waals surface area contributed by atoms with E-state index in [0.29, 0.717) is 42.8 Å². The number of hydrogen-bond acceptors (Lipinski definition) is 4. The van der Waals surface area contributed by atoms with Gasteiger partial charge in [-0.1, -0.05) is 27.2 Å². The highest BCUT2D eigenvalue weighted by Gasteiger charge is 2.24. The molecule has 120 valence electrons. The van der Waals surface area contributed by atoms with Gasteiger partial charge in [0.15, 0.2) is 0 Å². The Balaban J connectivity index is 2.89. The van der Waals surface area contributed by atoms with Gasteiger partial charge in [0.1, 0.15) is 12.4 Å². The lowest BCUT2D eigenvalue weighted by atomic mass is 10.1. The fourth-order valence-electron chi connectivity index (χ4n) is 1.91. The molecular formula is C15H26N2O3S. The molecule has 1 aromatic rings. The van der Waals surface area contributed by atoms with Crippen LogP contribution in [-0.2, 0) is 10.0 Å². The minimum Gasteiger partial charge on any atom is -0.492 e. The van der Waals surface area contributed by atoms with Gasteiger partial charge in [0.05, 0.1) is 4.90 Å². The maximum absolute atomic E-state index is 12.6. The van der Waals surface area contributed by atoms with Gasteiger partial charge in [-0.05, 0) is 30.2 Å². The van der Waals surface area contributed by atoms with E-state index < -0.39 is 10.0 Å². The second-order valence-corrected chi connectivity index (χ2v) is 7.02. The zero-order chi connectivity index (χ0) is 15.9. The minimum absolute atomic E-state index is 0.299. The van der Waals surface area contributed by atoms with Crippen LogP contribution in [0.2, 0.25) is 0 Å².